The van der Waals surface area contributed by atoms with Gasteiger partial charge >= 0.3 is 0 Å². The second-order valence-electron chi connectivity index (χ2n) is 4.04. The summed E-state index contributed by atoms with van der Waals surface area (Å²) in [5, 5.41) is 14.1. The van der Waals surface area contributed by atoms with Crippen LogP contribution >= 0.6 is 11.3 Å². The molecular formula is C15H14N2O2S. The number of rotatable bonds is 3. The molecule has 0 atom stereocenters. The van der Waals surface area contributed by atoms with Crippen molar-refractivity contribution in [3.63, 3.8) is 0 Å². The second-order valence-corrected chi connectivity index (χ2v) is 5.04. The van der Waals surface area contributed by atoms with Gasteiger partial charge < -0.3 is 16.2 Å². The van der Waals surface area contributed by atoms with Crippen molar-refractivity contribution in [2.45, 2.75) is 6.54 Å². The third-order valence-corrected chi connectivity index (χ3v) is 3.46. The standard InChI is InChI=1S/C15H14N2O2S/c16-6-2-3-11-7-14(20-10-11)9-17-15(19)12-4-1-5-13(18)8-12/h1,4-5,7-8,10,18H,6,9,16H2,(H,17,19). The largest absolute Gasteiger partial charge is 0.508 e. The molecule has 1 aromatic heterocycles. The Morgan fingerprint density at radius 1 is 1.40 bits per heavy atom. The summed E-state index contributed by atoms with van der Waals surface area (Å²) in [6.45, 7) is 0.767. The minimum atomic E-state index is -0.219. The zero-order valence-corrected chi connectivity index (χ0v) is 11.5. The van der Waals surface area contributed by atoms with Gasteiger partial charge in [0.1, 0.15) is 5.75 Å². The minimum absolute atomic E-state index is 0.0770. The van der Waals surface area contributed by atoms with Crippen molar-refractivity contribution in [1.29, 1.82) is 0 Å². The molecule has 0 unspecified atom stereocenters. The van der Waals surface area contributed by atoms with Crippen LogP contribution in [0.25, 0.3) is 0 Å². The summed E-state index contributed by atoms with van der Waals surface area (Å²) in [4.78, 5) is 12.9. The predicted octanol–water partition coefficient (Wildman–Crippen LogP) is 1.69. The summed E-state index contributed by atoms with van der Waals surface area (Å²) < 4.78 is 0. The maximum atomic E-state index is 11.9. The Labute approximate surface area is 121 Å². The van der Waals surface area contributed by atoms with E-state index in [0.717, 1.165) is 10.4 Å². The van der Waals surface area contributed by atoms with Gasteiger partial charge in [-0.15, -0.1) is 11.3 Å². The van der Waals surface area contributed by atoms with Crippen molar-refractivity contribution in [1.82, 2.24) is 5.32 Å². The first-order valence-corrected chi connectivity index (χ1v) is 6.90. The predicted molar refractivity (Wildman–Crippen MR) is 79.5 cm³/mol. The third-order valence-electron chi connectivity index (χ3n) is 2.52. The molecule has 5 heteroatoms. The first-order chi connectivity index (χ1) is 9.69. The van der Waals surface area contributed by atoms with Crippen LogP contribution in [0.1, 0.15) is 20.8 Å². The number of nitrogens with one attached hydrogen (secondary N) is 1. The molecule has 0 bridgehead atoms. The number of phenols is 1. The molecule has 0 saturated carbocycles. The Balaban J connectivity index is 1.95. The summed E-state index contributed by atoms with van der Waals surface area (Å²) in [6, 6.07) is 8.17. The Morgan fingerprint density at radius 2 is 2.25 bits per heavy atom. The summed E-state index contributed by atoms with van der Waals surface area (Å²) in [7, 11) is 0. The van der Waals surface area contributed by atoms with E-state index in [0.29, 0.717) is 18.7 Å². The zero-order valence-electron chi connectivity index (χ0n) is 10.7. The van der Waals surface area contributed by atoms with E-state index in [1.165, 1.54) is 23.5 Å². The van der Waals surface area contributed by atoms with Crippen LogP contribution in [0.4, 0.5) is 0 Å². The molecule has 0 aliphatic heterocycles. The van der Waals surface area contributed by atoms with Gasteiger partial charge in [0.2, 0.25) is 0 Å². The van der Waals surface area contributed by atoms with E-state index < -0.39 is 0 Å². The van der Waals surface area contributed by atoms with Gasteiger partial charge in [-0.05, 0) is 24.3 Å². The molecule has 2 rings (SSSR count). The molecule has 2 aromatic rings. The van der Waals surface area contributed by atoms with E-state index in [1.807, 2.05) is 11.4 Å². The van der Waals surface area contributed by atoms with Crippen molar-refractivity contribution in [3.05, 3.63) is 51.7 Å². The molecule has 0 fully saturated rings. The lowest BCUT2D eigenvalue weighted by molar-refractivity contribution is 0.0951. The normalized spacial score (nSPS) is 9.65. The molecule has 0 aliphatic rings. The third kappa shape index (κ3) is 3.85. The number of aromatic hydroxyl groups is 1. The molecular weight excluding hydrogens is 272 g/mol. The highest BCUT2D eigenvalue weighted by Gasteiger charge is 2.06. The highest BCUT2D eigenvalue weighted by Crippen LogP contribution is 2.14. The first kappa shape index (κ1) is 14.1. The number of hydrogen-bond donors (Lipinski definition) is 3. The molecule has 0 aliphatic carbocycles. The van der Waals surface area contributed by atoms with E-state index in [4.69, 9.17) is 5.73 Å². The minimum Gasteiger partial charge on any atom is -0.508 e. The van der Waals surface area contributed by atoms with Crippen LogP contribution in [-0.2, 0) is 6.54 Å². The van der Waals surface area contributed by atoms with Crippen LogP contribution in [0, 0.1) is 11.8 Å². The molecule has 1 heterocycles. The fraction of sp³-hybridized carbons (Fsp3) is 0.133. The molecule has 1 aromatic carbocycles. The molecule has 4 N–H and O–H groups in total. The van der Waals surface area contributed by atoms with Gasteiger partial charge in [0.05, 0.1) is 13.1 Å². The lowest BCUT2D eigenvalue weighted by Crippen LogP contribution is -2.22. The first-order valence-electron chi connectivity index (χ1n) is 6.02. The number of carbonyl (C=O) groups is 1. The van der Waals surface area contributed by atoms with Crippen molar-refractivity contribution in [2.24, 2.45) is 5.73 Å². The Bertz CT molecular complexity index is 668. The van der Waals surface area contributed by atoms with Gasteiger partial charge in [0, 0.05) is 21.4 Å². The van der Waals surface area contributed by atoms with Crippen LogP contribution in [0.3, 0.4) is 0 Å². The average molecular weight is 286 g/mol. The van der Waals surface area contributed by atoms with Crippen LogP contribution in [0.2, 0.25) is 0 Å². The SMILES string of the molecule is NCC#Cc1csc(CNC(=O)c2cccc(O)c2)c1. The number of benzene rings is 1. The van der Waals surface area contributed by atoms with Gasteiger partial charge in [-0.1, -0.05) is 17.9 Å². The maximum absolute atomic E-state index is 11.9. The summed E-state index contributed by atoms with van der Waals surface area (Å²) in [6.07, 6.45) is 0. The lowest BCUT2D eigenvalue weighted by Gasteiger charge is -2.03. The van der Waals surface area contributed by atoms with Gasteiger partial charge in [0.15, 0.2) is 0 Å². The quantitative estimate of drug-likeness (QED) is 0.752. The summed E-state index contributed by atoms with van der Waals surface area (Å²) in [5.74, 6) is 5.58. The topological polar surface area (TPSA) is 75.3 Å². The van der Waals surface area contributed by atoms with E-state index in [-0.39, 0.29) is 11.7 Å². The van der Waals surface area contributed by atoms with E-state index in [1.54, 1.807) is 12.1 Å². The molecule has 0 spiro atoms. The van der Waals surface area contributed by atoms with Crippen LogP contribution in [0.5, 0.6) is 5.75 Å². The zero-order chi connectivity index (χ0) is 14.4. The number of hydrogen-bond acceptors (Lipinski definition) is 4. The fourth-order valence-electron chi connectivity index (χ4n) is 1.61. The van der Waals surface area contributed by atoms with Crippen molar-refractivity contribution >= 4 is 17.2 Å². The van der Waals surface area contributed by atoms with Crippen molar-refractivity contribution in [2.75, 3.05) is 6.54 Å². The van der Waals surface area contributed by atoms with E-state index in [9.17, 15) is 9.90 Å². The average Bonchev–Trinajstić information content (AvgIpc) is 2.90. The van der Waals surface area contributed by atoms with E-state index >= 15 is 0 Å². The summed E-state index contributed by atoms with van der Waals surface area (Å²) >= 11 is 1.53. The van der Waals surface area contributed by atoms with Crippen LogP contribution < -0.4 is 11.1 Å². The number of amides is 1. The number of phenolic OH excluding ortho intramolecular Hbond substituents is 1. The van der Waals surface area contributed by atoms with Gasteiger partial charge in [-0.25, -0.2) is 0 Å². The summed E-state index contributed by atoms with van der Waals surface area (Å²) in [5.41, 5.74) is 6.65. The lowest BCUT2D eigenvalue weighted by atomic mass is 10.2. The second kappa shape index (κ2) is 6.75. The Hall–Kier alpha value is -2.29. The monoisotopic (exact) mass is 286 g/mol. The highest BCUT2D eigenvalue weighted by atomic mass is 32.1. The molecule has 20 heavy (non-hydrogen) atoms. The van der Waals surface area contributed by atoms with Crippen LogP contribution in [0.15, 0.2) is 35.7 Å². The molecule has 1 amide bonds. The Kier molecular flexibility index (Phi) is 4.77. The fourth-order valence-corrected chi connectivity index (χ4v) is 2.36. The van der Waals surface area contributed by atoms with Gasteiger partial charge in [-0.2, -0.15) is 0 Å². The smallest absolute Gasteiger partial charge is 0.251 e. The number of carbonyl (C=O) groups excluding carboxylic acids is 1. The molecule has 0 saturated heterocycles. The van der Waals surface area contributed by atoms with E-state index in [2.05, 4.69) is 17.2 Å². The molecule has 0 radical (unpaired) electrons. The highest BCUT2D eigenvalue weighted by molar-refractivity contribution is 7.10. The van der Waals surface area contributed by atoms with Crippen LogP contribution in [-0.4, -0.2) is 17.6 Å². The maximum Gasteiger partial charge on any atom is 0.251 e. The molecule has 102 valence electrons. The van der Waals surface area contributed by atoms with Crippen molar-refractivity contribution in [3.8, 4) is 17.6 Å². The van der Waals surface area contributed by atoms with Gasteiger partial charge in [-0.3, -0.25) is 4.79 Å². The number of nitrogens with two attached hydrogens (primary N) is 1. The van der Waals surface area contributed by atoms with Crippen molar-refractivity contribution < 1.29 is 9.90 Å². The Morgan fingerprint density at radius 3 is 3.00 bits per heavy atom. The molecule has 4 nitrogen and oxygen atoms in total. The number of thiophene rings is 1. The van der Waals surface area contributed by atoms with Gasteiger partial charge in [0.25, 0.3) is 5.91 Å².